The standard InChI is InChI=1S/C21H20F2N2O4/c22-16-5-6-17(23)19-15(16)7-9-25(20(19)26)11-13-3-1-2-4-18(13)24-21(27)29-14-8-10-28-12-14/h1-6,14H,7-12H2,(H,24,27). The largest absolute Gasteiger partial charge is 0.443 e. The van der Waals surface area contributed by atoms with Gasteiger partial charge in [0.15, 0.2) is 0 Å². The van der Waals surface area contributed by atoms with Crippen molar-refractivity contribution in [1.82, 2.24) is 4.90 Å². The SMILES string of the molecule is O=C(Nc1ccccc1CN1CCc2c(F)ccc(F)c2C1=O)OC1CCOC1. The third-order valence-corrected chi connectivity index (χ3v) is 5.11. The number of ether oxygens (including phenoxy) is 2. The lowest BCUT2D eigenvalue weighted by Crippen LogP contribution is -2.38. The van der Waals surface area contributed by atoms with Gasteiger partial charge in [-0.1, -0.05) is 18.2 Å². The number of amides is 2. The average molecular weight is 402 g/mol. The van der Waals surface area contributed by atoms with Crippen LogP contribution in [0.4, 0.5) is 19.3 Å². The normalized spacial score (nSPS) is 18.5. The predicted molar refractivity (Wildman–Crippen MR) is 101 cm³/mol. The van der Waals surface area contributed by atoms with Gasteiger partial charge in [-0.3, -0.25) is 10.1 Å². The number of benzene rings is 2. The topological polar surface area (TPSA) is 67.9 Å². The number of fused-ring (bicyclic) bond motifs is 1. The Morgan fingerprint density at radius 3 is 2.79 bits per heavy atom. The fraction of sp³-hybridized carbons (Fsp3) is 0.333. The third-order valence-electron chi connectivity index (χ3n) is 5.11. The number of carbonyl (C=O) groups is 2. The highest BCUT2D eigenvalue weighted by molar-refractivity contribution is 5.97. The van der Waals surface area contributed by atoms with Gasteiger partial charge in [-0.25, -0.2) is 13.6 Å². The van der Waals surface area contributed by atoms with Crippen molar-refractivity contribution in [3.63, 3.8) is 0 Å². The molecule has 0 bridgehead atoms. The van der Waals surface area contributed by atoms with Gasteiger partial charge in [-0.05, 0) is 30.2 Å². The molecule has 0 radical (unpaired) electrons. The van der Waals surface area contributed by atoms with E-state index in [1.807, 2.05) is 0 Å². The molecule has 6 nitrogen and oxygen atoms in total. The second-order valence-corrected chi connectivity index (χ2v) is 7.03. The molecule has 1 fully saturated rings. The first kappa shape index (κ1) is 19.3. The average Bonchev–Trinajstić information content (AvgIpc) is 3.20. The minimum atomic E-state index is -0.732. The van der Waals surface area contributed by atoms with Crippen molar-refractivity contribution in [2.75, 3.05) is 25.1 Å². The van der Waals surface area contributed by atoms with E-state index in [1.54, 1.807) is 24.3 Å². The van der Waals surface area contributed by atoms with Gasteiger partial charge < -0.3 is 14.4 Å². The molecule has 4 rings (SSSR count). The summed E-state index contributed by atoms with van der Waals surface area (Å²) < 4.78 is 38.6. The van der Waals surface area contributed by atoms with Crippen LogP contribution in [0, 0.1) is 11.6 Å². The molecule has 1 saturated heterocycles. The first-order chi connectivity index (χ1) is 14.0. The first-order valence-electron chi connectivity index (χ1n) is 9.42. The Bertz CT molecular complexity index is 944. The highest BCUT2D eigenvalue weighted by atomic mass is 19.1. The fourth-order valence-electron chi connectivity index (χ4n) is 3.61. The minimum absolute atomic E-state index is 0.111. The van der Waals surface area contributed by atoms with E-state index in [0.29, 0.717) is 30.9 Å². The van der Waals surface area contributed by atoms with Crippen LogP contribution in [0.15, 0.2) is 36.4 Å². The predicted octanol–water partition coefficient (Wildman–Crippen LogP) is 3.50. The van der Waals surface area contributed by atoms with E-state index in [1.165, 1.54) is 4.90 Å². The van der Waals surface area contributed by atoms with Crippen molar-refractivity contribution in [3.8, 4) is 0 Å². The van der Waals surface area contributed by atoms with E-state index in [4.69, 9.17) is 9.47 Å². The number of hydrogen-bond donors (Lipinski definition) is 1. The van der Waals surface area contributed by atoms with Crippen LogP contribution in [-0.2, 0) is 22.4 Å². The number of halogens is 2. The van der Waals surface area contributed by atoms with Crippen molar-refractivity contribution < 1.29 is 27.8 Å². The van der Waals surface area contributed by atoms with E-state index < -0.39 is 23.6 Å². The number of para-hydroxylation sites is 1. The summed E-state index contributed by atoms with van der Waals surface area (Å²) >= 11 is 0. The minimum Gasteiger partial charge on any atom is -0.443 e. The van der Waals surface area contributed by atoms with Gasteiger partial charge in [-0.15, -0.1) is 0 Å². The lowest BCUT2D eigenvalue weighted by Gasteiger charge is -2.29. The van der Waals surface area contributed by atoms with Gasteiger partial charge in [0.2, 0.25) is 0 Å². The zero-order chi connectivity index (χ0) is 20.4. The van der Waals surface area contributed by atoms with Gasteiger partial charge in [0.25, 0.3) is 5.91 Å². The van der Waals surface area contributed by atoms with E-state index in [9.17, 15) is 18.4 Å². The molecule has 8 heteroatoms. The molecule has 0 aromatic heterocycles. The van der Waals surface area contributed by atoms with Crippen LogP contribution in [0.3, 0.4) is 0 Å². The molecule has 1 N–H and O–H groups in total. The molecule has 0 spiro atoms. The van der Waals surface area contributed by atoms with Crippen molar-refractivity contribution in [1.29, 1.82) is 0 Å². The van der Waals surface area contributed by atoms with Crippen molar-refractivity contribution in [3.05, 3.63) is 64.7 Å². The van der Waals surface area contributed by atoms with Crippen LogP contribution in [0.5, 0.6) is 0 Å². The van der Waals surface area contributed by atoms with E-state index >= 15 is 0 Å². The summed E-state index contributed by atoms with van der Waals surface area (Å²) in [4.78, 5) is 26.4. The summed E-state index contributed by atoms with van der Waals surface area (Å²) in [5.74, 6) is -1.87. The smallest absolute Gasteiger partial charge is 0.411 e. The molecule has 29 heavy (non-hydrogen) atoms. The van der Waals surface area contributed by atoms with Gasteiger partial charge in [0.05, 0.1) is 18.8 Å². The first-order valence-corrected chi connectivity index (χ1v) is 9.42. The third kappa shape index (κ3) is 4.07. The van der Waals surface area contributed by atoms with E-state index in [-0.39, 0.29) is 36.7 Å². The van der Waals surface area contributed by atoms with Crippen molar-refractivity contribution in [2.45, 2.75) is 25.5 Å². The highest BCUT2D eigenvalue weighted by Crippen LogP contribution is 2.27. The monoisotopic (exact) mass is 402 g/mol. The Labute approximate surface area is 166 Å². The molecule has 0 saturated carbocycles. The van der Waals surface area contributed by atoms with Crippen LogP contribution in [0.2, 0.25) is 0 Å². The van der Waals surface area contributed by atoms with Crippen molar-refractivity contribution in [2.24, 2.45) is 0 Å². The zero-order valence-corrected chi connectivity index (χ0v) is 15.6. The zero-order valence-electron chi connectivity index (χ0n) is 15.6. The number of carbonyl (C=O) groups excluding carboxylic acids is 2. The Kier molecular flexibility index (Phi) is 5.44. The quantitative estimate of drug-likeness (QED) is 0.850. The molecule has 2 heterocycles. The highest BCUT2D eigenvalue weighted by Gasteiger charge is 2.30. The summed E-state index contributed by atoms with van der Waals surface area (Å²) in [6, 6.07) is 8.99. The molecule has 152 valence electrons. The second-order valence-electron chi connectivity index (χ2n) is 7.03. The van der Waals surface area contributed by atoms with Gasteiger partial charge in [0, 0.05) is 30.8 Å². The molecule has 1 atom stereocenters. The number of anilines is 1. The summed E-state index contributed by atoms with van der Waals surface area (Å²) in [6.45, 7) is 1.34. The maximum atomic E-state index is 14.2. The fourth-order valence-corrected chi connectivity index (χ4v) is 3.61. The molecule has 2 aliphatic heterocycles. The molecular formula is C21H20F2N2O4. The van der Waals surface area contributed by atoms with Crippen LogP contribution < -0.4 is 5.32 Å². The molecule has 1 unspecified atom stereocenters. The summed E-state index contributed by atoms with van der Waals surface area (Å²) in [5.41, 5.74) is 1.05. The van der Waals surface area contributed by atoms with E-state index in [0.717, 1.165) is 12.1 Å². The Hall–Kier alpha value is -3.00. The van der Waals surface area contributed by atoms with Gasteiger partial charge >= 0.3 is 6.09 Å². The Morgan fingerprint density at radius 1 is 1.21 bits per heavy atom. The van der Waals surface area contributed by atoms with Crippen molar-refractivity contribution >= 4 is 17.7 Å². The van der Waals surface area contributed by atoms with Crippen LogP contribution in [0.1, 0.15) is 27.9 Å². The molecule has 0 aliphatic carbocycles. The molecule has 2 aliphatic rings. The molecule has 2 aromatic rings. The summed E-state index contributed by atoms with van der Waals surface area (Å²) in [6.07, 6.45) is -0.000318. The molecule has 2 aromatic carbocycles. The summed E-state index contributed by atoms with van der Waals surface area (Å²) in [7, 11) is 0. The Morgan fingerprint density at radius 2 is 2.00 bits per heavy atom. The Balaban J connectivity index is 1.49. The van der Waals surface area contributed by atoms with Crippen LogP contribution >= 0.6 is 0 Å². The summed E-state index contributed by atoms with van der Waals surface area (Å²) in [5, 5.41) is 2.69. The molecule has 2 amide bonds. The number of rotatable bonds is 4. The van der Waals surface area contributed by atoms with Gasteiger partial charge in [0.1, 0.15) is 17.7 Å². The number of nitrogens with zero attached hydrogens (tertiary/aromatic N) is 1. The number of nitrogens with one attached hydrogen (secondary N) is 1. The maximum Gasteiger partial charge on any atom is 0.411 e. The maximum absolute atomic E-state index is 14.2. The second kappa shape index (κ2) is 8.16. The van der Waals surface area contributed by atoms with E-state index in [2.05, 4.69) is 5.32 Å². The van der Waals surface area contributed by atoms with Crippen LogP contribution in [0.25, 0.3) is 0 Å². The van der Waals surface area contributed by atoms with Gasteiger partial charge in [-0.2, -0.15) is 0 Å². The molecular weight excluding hydrogens is 382 g/mol. The lowest BCUT2D eigenvalue weighted by molar-refractivity contribution is 0.0719. The lowest BCUT2D eigenvalue weighted by atomic mass is 9.97. The van der Waals surface area contributed by atoms with Crippen LogP contribution in [-0.4, -0.2) is 42.8 Å². The number of hydrogen-bond acceptors (Lipinski definition) is 4.